The number of esters is 1. The fourth-order valence-corrected chi connectivity index (χ4v) is 3.68. The number of nitrogens with zero attached hydrogens (tertiary/aromatic N) is 1. The largest absolute Gasteiger partial charge is 0.486 e. The monoisotopic (exact) mass is 412 g/mol. The van der Waals surface area contributed by atoms with Crippen LogP contribution in [-0.2, 0) is 24.3 Å². The Morgan fingerprint density at radius 2 is 1.96 bits per heavy atom. The maximum atomic E-state index is 12.8. The Morgan fingerprint density at radius 3 is 2.57 bits per heavy atom. The van der Waals surface area contributed by atoms with Gasteiger partial charge in [-0.2, -0.15) is 4.31 Å². The lowest BCUT2D eigenvalue weighted by Gasteiger charge is -2.23. The van der Waals surface area contributed by atoms with Crippen molar-refractivity contribution in [1.82, 2.24) is 9.62 Å². The molecule has 1 heterocycles. The Balaban J connectivity index is 2.11. The minimum Gasteiger partial charge on any atom is -0.486 e. The van der Waals surface area contributed by atoms with Crippen molar-refractivity contribution < 1.29 is 32.2 Å². The number of fused-ring (bicyclic) bond motifs is 1. The summed E-state index contributed by atoms with van der Waals surface area (Å²) in [6, 6.07) is 3.29. The molecular formula is C18H24N2O7S. The molecule has 28 heavy (non-hydrogen) atoms. The van der Waals surface area contributed by atoms with Crippen molar-refractivity contribution in [3.63, 3.8) is 0 Å². The standard InChI is InChI=1S/C18H24N2O7S/c1-5-12(2)17(18(22)25-4)19-16(21)11-20(3)28(23,24)13-6-7-14-15(10-13)27-9-8-26-14/h5-7,10,12,17H,1,8-9,11H2,2-4H3,(H,19,21)/t12-,17+/m1/s1. The summed E-state index contributed by atoms with van der Waals surface area (Å²) < 4.78 is 41.9. The minimum atomic E-state index is -3.95. The Kier molecular flexibility index (Phi) is 7.03. The van der Waals surface area contributed by atoms with Crippen molar-refractivity contribution in [3.8, 4) is 11.5 Å². The SMILES string of the molecule is C=C[C@@H](C)[C@H](NC(=O)CN(C)S(=O)(=O)c1ccc2c(c1)OCCO2)C(=O)OC. The first-order valence-electron chi connectivity index (χ1n) is 8.56. The zero-order valence-electron chi connectivity index (χ0n) is 16.0. The van der Waals surface area contributed by atoms with Gasteiger partial charge in [0.15, 0.2) is 11.5 Å². The molecule has 1 N–H and O–H groups in total. The van der Waals surface area contributed by atoms with Crippen LogP contribution in [0.3, 0.4) is 0 Å². The average Bonchev–Trinajstić information content (AvgIpc) is 2.70. The number of carbonyl (C=O) groups excluding carboxylic acids is 2. The van der Waals surface area contributed by atoms with Gasteiger partial charge in [0.25, 0.3) is 0 Å². The number of nitrogens with one attached hydrogen (secondary N) is 1. The molecule has 0 spiro atoms. The topological polar surface area (TPSA) is 111 Å². The van der Waals surface area contributed by atoms with E-state index >= 15 is 0 Å². The molecule has 9 nitrogen and oxygen atoms in total. The van der Waals surface area contributed by atoms with Gasteiger partial charge in [-0.25, -0.2) is 13.2 Å². The van der Waals surface area contributed by atoms with Crippen molar-refractivity contribution in [2.24, 2.45) is 5.92 Å². The van der Waals surface area contributed by atoms with Crippen LogP contribution in [0.4, 0.5) is 0 Å². The lowest BCUT2D eigenvalue weighted by molar-refractivity contribution is -0.146. The Morgan fingerprint density at radius 1 is 1.32 bits per heavy atom. The van der Waals surface area contributed by atoms with E-state index in [0.29, 0.717) is 24.7 Å². The summed E-state index contributed by atoms with van der Waals surface area (Å²) in [6.07, 6.45) is 1.50. The van der Waals surface area contributed by atoms with Crippen LogP contribution in [0.25, 0.3) is 0 Å². The summed E-state index contributed by atoms with van der Waals surface area (Å²) >= 11 is 0. The summed E-state index contributed by atoms with van der Waals surface area (Å²) in [5.41, 5.74) is 0. The molecule has 1 aromatic carbocycles. The quantitative estimate of drug-likeness (QED) is 0.490. The Labute approximate surface area is 164 Å². The fraction of sp³-hybridized carbons (Fsp3) is 0.444. The molecule has 1 aliphatic heterocycles. The summed E-state index contributed by atoms with van der Waals surface area (Å²) in [5.74, 6) is -0.886. The second-order valence-electron chi connectivity index (χ2n) is 6.23. The number of carbonyl (C=O) groups is 2. The first-order chi connectivity index (χ1) is 13.2. The van der Waals surface area contributed by atoms with Gasteiger partial charge in [-0.15, -0.1) is 6.58 Å². The predicted molar refractivity (Wildman–Crippen MR) is 101 cm³/mol. The van der Waals surface area contributed by atoms with Crippen molar-refractivity contribution in [2.45, 2.75) is 17.9 Å². The zero-order valence-corrected chi connectivity index (χ0v) is 16.8. The first kappa shape index (κ1) is 21.7. The highest BCUT2D eigenvalue weighted by Gasteiger charge is 2.29. The van der Waals surface area contributed by atoms with Crippen LogP contribution in [0.15, 0.2) is 35.7 Å². The normalized spacial score (nSPS) is 15.4. The van der Waals surface area contributed by atoms with Crippen LogP contribution in [-0.4, -0.2) is 64.6 Å². The maximum absolute atomic E-state index is 12.8. The van der Waals surface area contributed by atoms with Crippen LogP contribution in [0.2, 0.25) is 0 Å². The average molecular weight is 412 g/mol. The number of methoxy groups -OCH3 is 1. The molecule has 0 unspecified atom stereocenters. The number of hydrogen-bond acceptors (Lipinski definition) is 7. The number of benzene rings is 1. The van der Waals surface area contributed by atoms with Crippen molar-refractivity contribution in [1.29, 1.82) is 0 Å². The third-order valence-electron chi connectivity index (χ3n) is 4.26. The molecule has 0 saturated carbocycles. The van der Waals surface area contributed by atoms with Crippen LogP contribution in [0.1, 0.15) is 6.92 Å². The highest BCUT2D eigenvalue weighted by Crippen LogP contribution is 2.32. The molecule has 1 amide bonds. The van der Waals surface area contributed by atoms with Gasteiger partial charge in [-0.1, -0.05) is 13.0 Å². The molecule has 154 valence electrons. The molecule has 0 saturated heterocycles. The van der Waals surface area contributed by atoms with Crippen molar-refractivity contribution in [3.05, 3.63) is 30.9 Å². The summed E-state index contributed by atoms with van der Waals surface area (Å²) in [5, 5.41) is 2.49. The molecular weight excluding hydrogens is 388 g/mol. The molecule has 1 aromatic rings. The number of ether oxygens (including phenoxy) is 3. The number of hydrogen-bond donors (Lipinski definition) is 1. The van der Waals surface area contributed by atoms with Gasteiger partial charge in [0.2, 0.25) is 15.9 Å². The summed E-state index contributed by atoms with van der Waals surface area (Å²) in [6.45, 7) is 5.52. The smallest absolute Gasteiger partial charge is 0.328 e. The minimum absolute atomic E-state index is 0.0315. The van der Waals surface area contributed by atoms with Gasteiger partial charge in [-0.05, 0) is 12.1 Å². The molecule has 1 aliphatic rings. The van der Waals surface area contributed by atoms with E-state index < -0.39 is 40.4 Å². The van der Waals surface area contributed by atoms with Gasteiger partial charge >= 0.3 is 5.97 Å². The van der Waals surface area contributed by atoms with Crippen LogP contribution in [0, 0.1) is 5.92 Å². The van der Waals surface area contributed by atoms with Crippen molar-refractivity contribution in [2.75, 3.05) is 33.9 Å². The number of likely N-dealkylation sites (N-methyl/N-ethyl adjacent to an activating group) is 1. The Bertz CT molecular complexity index is 853. The lowest BCUT2D eigenvalue weighted by atomic mass is 10.0. The van der Waals surface area contributed by atoms with Crippen molar-refractivity contribution >= 4 is 21.9 Å². The number of sulfonamides is 1. The molecule has 0 aromatic heterocycles. The summed E-state index contributed by atoms with van der Waals surface area (Å²) in [7, 11) is -1.48. The van der Waals surface area contributed by atoms with Gasteiger partial charge in [0.1, 0.15) is 19.3 Å². The van der Waals surface area contributed by atoms with Crippen LogP contribution >= 0.6 is 0 Å². The third kappa shape index (κ3) is 4.82. The first-order valence-corrected chi connectivity index (χ1v) is 10.0. The van der Waals surface area contributed by atoms with Gasteiger partial charge in [0, 0.05) is 19.0 Å². The predicted octanol–water partition coefficient (Wildman–Crippen LogP) is 0.558. The third-order valence-corrected chi connectivity index (χ3v) is 6.06. The van der Waals surface area contributed by atoms with Crippen LogP contribution in [0.5, 0.6) is 11.5 Å². The van der Waals surface area contributed by atoms with Gasteiger partial charge in [0.05, 0.1) is 18.6 Å². The molecule has 0 radical (unpaired) electrons. The van der Waals surface area contributed by atoms with Gasteiger partial charge < -0.3 is 19.5 Å². The van der Waals surface area contributed by atoms with E-state index in [4.69, 9.17) is 9.47 Å². The zero-order chi connectivity index (χ0) is 20.9. The molecule has 0 aliphatic carbocycles. The van der Waals surface area contributed by atoms with E-state index in [2.05, 4.69) is 16.6 Å². The molecule has 10 heteroatoms. The molecule has 2 atom stereocenters. The lowest BCUT2D eigenvalue weighted by Crippen LogP contribution is -2.48. The molecule has 0 fully saturated rings. The van der Waals surface area contributed by atoms with E-state index in [1.54, 1.807) is 6.92 Å². The second-order valence-corrected chi connectivity index (χ2v) is 8.27. The second kappa shape index (κ2) is 9.07. The van der Waals surface area contributed by atoms with E-state index in [0.717, 1.165) is 4.31 Å². The van der Waals surface area contributed by atoms with Gasteiger partial charge in [-0.3, -0.25) is 4.79 Å². The highest BCUT2D eigenvalue weighted by atomic mass is 32.2. The Hall–Kier alpha value is -2.59. The van der Waals surface area contributed by atoms with E-state index in [1.165, 1.54) is 38.4 Å². The fourth-order valence-electron chi connectivity index (χ4n) is 2.54. The van der Waals surface area contributed by atoms with Crippen LogP contribution < -0.4 is 14.8 Å². The highest BCUT2D eigenvalue weighted by molar-refractivity contribution is 7.89. The maximum Gasteiger partial charge on any atom is 0.328 e. The molecule has 2 rings (SSSR count). The summed E-state index contributed by atoms with van der Waals surface area (Å²) in [4.78, 5) is 24.1. The van der Waals surface area contributed by atoms with E-state index in [-0.39, 0.29) is 4.90 Å². The number of amides is 1. The van der Waals surface area contributed by atoms with E-state index in [1.807, 2.05) is 0 Å². The molecule has 0 bridgehead atoms. The number of rotatable bonds is 8. The van der Waals surface area contributed by atoms with E-state index in [9.17, 15) is 18.0 Å².